The smallest absolute Gasteiger partial charge is 0.251 e. The van der Waals surface area contributed by atoms with Crippen LogP contribution in [0.25, 0.3) is 0 Å². The number of nitrogens with one attached hydrogen (secondary N) is 1. The third-order valence-electron chi connectivity index (χ3n) is 3.03. The van der Waals surface area contributed by atoms with Crippen molar-refractivity contribution in [3.8, 4) is 0 Å². The van der Waals surface area contributed by atoms with Crippen molar-refractivity contribution in [2.75, 3.05) is 0 Å². The number of hydrogen-bond donors (Lipinski definition) is 1. The molecule has 0 aliphatic heterocycles. The summed E-state index contributed by atoms with van der Waals surface area (Å²) in [5, 5.41) is 7.12. The lowest BCUT2D eigenvalue weighted by molar-refractivity contribution is 0.0939. The fraction of sp³-hybridized carbons (Fsp3) is 0.308. The maximum atomic E-state index is 12.0. The van der Waals surface area contributed by atoms with E-state index in [1.165, 1.54) is 0 Å². The second-order valence-electron chi connectivity index (χ2n) is 4.24. The first-order valence-electron chi connectivity index (χ1n) is 5.79. The van der Waals surface area contributed by atoms with Gasteiger partial charge in [-0.05, 0) is 26.0 Å². The largest absolute Gasteiger partial charge is 0.345 e. The molecule has 18 heavy (non-hydrogen) atoms. The van der Waals surface area contributed by atoms with Gasteiger partial charge in [-0.3, -0.25) is 14.5 Å². The molecule has 2 aromatic heterocycles. The Labute approximate surface area is 106 Å². The van der Waals surface area contributed by atoms with Gasteiger partial charge in [0.1, 0.15) is 0 Å². The van der Waals surface area contributed by atoms with Gasteiger partial charge < -0.3 is 5.32 Å². The topological polar surface area (TPSA) is 59.8 Å². The van der Waals surface area contributed by atoms with Crippen LogP contribution >= 0.6 is 0 Å². The first-order valence-corrected chi connectivity index (χ1v) is 5.79. The molecule has 0 spiro atoms. The van der Waals surface area contributed by atoms with E-state index in [0.29, 0.717) is 5.56 Å². The third kappa shape index (κ3) is 2.40. The molecule has 2 heterocycles. The summed E-state index contributed by atoms with van der Waals surface area (Å²) < 4.78 is 1.80. The van der Waals surface area contributed by atoms with Crippen molar-refractivity contribution in [1.82, 2.24) is 20.1 Å². The van der Waals surface area contributed by atoms with E-state index in [1.807, 2.05) is 20.9 Å². The van der Waals surface area contributed by atoms with Crippen molar-refractivity contribution in [3.05, 3.63) is 47.5 Å². The van der Waals surface area contributed by atoms with Crippen LogP contribution in [0, 0.1) is 6.92 Å². The van der Waals surface area contributed by atoms with Crippen molar-refractivity contribution in [2.24, 2.45) is 7.05 Å². The van der Waals surface area contributed by atoms with Gasteiger partial charge in [0.2, 0.25) is 0 Å². The summed E-state index contributed by atoms with van der Waals surface area (Å²) in [6.07, 6.45) is 5.00. The van der Waals surface area contributed by atoms with E-state index in [9.17, 15) is 4.79 Å². The number of amides is 1. The molecule has 2 rings (SSSR count). The van der Waals surface area contributed by atoms with Crippen LogP contribution in [0.1, 0.15) is 34.6 Å². The van der Waals surface area contributed by atoms with Crippen LogP contribution in [0.3, 0.4) is 0 Å². The Balaban J connectivity index is 2.11. The summed E-state index contributed by atoms with van der Waals surface area (Å²) in [6.45, 7) is 3.93. The van der Waals surface area contributed by atoms with Gasteiger partial charge >= 0.3 is 0 Å². The van der Waals surface area contributed by atoms with Crippen LogP contribution in [-0.4, -0.2) is 20.7 Å². The highest BCUT2D eigenvalue weighted by Gasteiger charge is 2.15. The number of nitrogens with zero attached hydrogens (tertiary/aromatic N) is 3. The molecule has 0 aliphatic rings. The van der Waals surface area contributed by atoms with E-state index >= 15 is 0 Å². The minimum Gasteiger partial charge on any atom is -0.345 e. The molecule has 94 valence electrons. The standard InChI is InChI=1S/C13H16N4O/c1-9(12-8-15-17(3)10(12)2)16-13(18)11-4-6-14-7-5-11/h4-9H,1-3H3,(H,16,18). The molecule has 1 amide bonds. The van der Waals surface area contributed by atoms with Crippen molar-refractivity contribution in [2.45, 2.75) is 19.9 Å². The Morgan fingerprint density at radius 3 is 2.61 bits per heavy atom. The molecule has 2 aromatic rings. The first kappa shape index (κ1) is 12.3. The van der Waals surface area contributed by atoms with E-state index in [4.69, 9.17) is 0 Å². The fourth-order valence-corrected chi connectivity index (χ4v) is 1.80. The number of aromatic nitrogens is 3. The highest BCUT2D eigenvalue weighted by Crippen LogP contribution is 2.16. The number of rotatable bonds is 3. The summed E-state index contributed by atoms with van der Waals surface area (Å²) in [5.41, 5.74) is 2.69. The van der Waals surface area contributed by atoms with Gasteiger partial charge in [-0.15, -0.1) is 0 Å². The highest BCUT2D eigenvalue weighted by atomic mass is 16.1. The van der Waals surface area contributed by atoms with Crippen molar-refractivity contribution in [3.63, 3.8) is 0 Å². The normalized spacial score (nSPS) is 12.2. The lowest BCUT2D eigenvalue weighted by atomic mass is 10.1. The monoisotopic (exact) mass is 244 g/mol. The maximum Gasteiger partial charge on any atom is 0.251 e. The molecule has 0 fully saturated rings. The maximum absolute atomic E-state index is 12.0. The summed E-state index contributed by atoms with van der Waals surface area (Å²) in [6, 6.07) is 3.32. The fourth-order valence-electron chi connectivity index (χ4n) is 1.80. The molecule has 0 radical (unpaired) electrons. The third-order valence-corrected chi connectivity index (χ3v) is 3.03. The van der Waals surface area contributed by atoms with Crippen LogP contribution < -0.4 is 5.32 Å². The van der Waals surface area contributed by atoms with Crippen LogP contribution in [0.15, 0.2) is 30.7 Å². The van der Waals surface area contributed by atoms with Crippen LogP contribution in [0.4, 0.5) is 0 Å². The lowest BCUT2D eigenvalue weighted by Gasteiger charge is -2.13. The Morgan fingerprint density at radius 1 is 1.39 bits per heavy atom. The molecule has 0 saturated carbocycles. The predicted molar refractivity (Wildman–Crippen MR) is 68.1 cm³/mol. The predicted octanol–water partition coefficient (Wildman–Crippen LogP) is 1.61. The summed E-state index contributed by atoms with van der Waals surface area (Å²) in [4.78, 5) is 15.9. The average Bonchev–Trinajstić information content (AvgIpc) is 2.71. The summed E-state index contributed by atoms with van der Waals surface area (Å²) >= 11 is 0. The zero-order chi connectivity index (χ0) is 13.1. The minimum absolute atomic E-state index is 0.0700. The number of aryl methyl sites for hydroxylation is 1. The van der Waals surface area contributed by atoms with Gasteiger partial charge in [0.05, 0.1) is 12.2 Å². The first-order chi connectivity index (χ1) is 8.59. The Hall–Kier alpha value is -2.17. The molecule has 5 heteroatoms. The summed E-state index contributed by atoms with van der Waals surface area (Å²) in [7, 11) is 1.89. The van der Waals surface area contributed by atoms with Gasteiger partial charge in [-0.25, -0.2) is 0 Å². The zero-order valence-electron chi connectivity index (χ0n) is 10.7. The van der Waals surface area contributed by atoms with Crippen LogP contribution in [-0.2, 0) is 7.05 Å². The number of carbonyl (C=O) groups excluding carboxylic acids is 1. The van der Waals surface area contributed by atoms with Crippen molar-refractivity contribution in [1.29, 1.82) is 0 Å². The molecule has 0 aromatic carbocycles. The zero-order valence-corrected chi connectivity index (χ0v) is 10.7. The van der Waals surface area contributed by atoms with Crippen LogP contribution in [0.2, 0.25) is 0 Å². The lowest BCUT2D eigenvalue weighted by Crippen LogP contribution is -2.26. The van der Waals surface area contributed by atoms with Gasteiger partial charge in [-0.2, -0.15) is 5.10 Å². The highest BCUT2D eigenvalue weighted by molar-refractivity contribution is 5.94. The molecule has 1 unspecified atom stereocenters. The van der Waals surface area contributed by atoms with Crippen LogP contribution in [0.5, 0.6) is 0 Å². The van der Waals surface area contributed by atoms with Gasteiger partial charge in [-0.1, -0.05) is 0 Å². The molecule has 0 bridgehead atoms. The average molecular weight is 244 g/mol. The molecule has 1 N–H and O–H groups in total. The van der Waals surface area contributed by atoms with Crippen molar-refractivity contribution >= 4 is 5.91 Å². The second-order valence-corrected chi connectivity index (χ2v) is 4.24. The Morgan fingerprint density at radius 2 is 2.06 bits per heavy atom. The molecule has 5 nitrogen and oxygen atoms in total. The van der Waals surface area contributed by atoms with Gasteiger partial charge in [0.25, 0.3) is 5.91 Å². The van der Waals surface area contributed by atoms with E-state index < -0.39 is 0 Å². The van der Waals surface area contributed by atoms with E-state index in [0.717, 1.165) is 11.3 Å². The number of carbonyl (C=O) groups is 1. The molecular weight excluding hydrogens is 228 g/mol. The second kappa shape index (κ2) is 5.00. The number of hydrogen-bond acceptors (Lipinski definition) is 3. The molecule has 0 aliphatic carbocycles. The number of pyridine rings is 1. The van der Waals surface area contributed by atoms with Gasteiger partial charge in [0.15, 0.2) is 0 Å². The van der Waals surface area contributed by atoms with Crippen molar-refractivity contribution < 1.29 is 4.79 Å². The Bertz CT molecular complexity index is 547. The Kier molecular flexibility index (Phi) is 3.41. The summed E-state index contributed by atoms with van der Waals surface area (Å²) in [5.74, 6) is -0.104. The SMILES string of the molecule is Cc1c(C(C)NC(=O)c2ccncc2)cnn1C. The van der Waals surface area contributed by atoms with Gasteiger partial charge in [0, 0.05) is 36.3 Å². The minimum atomic E-state index is -0.104. The molecule has 1 atom stereocenters. The quantitative estimate of drug-likeness (QED) is 0.892. The molecular formula is C13H16N4O. The van der Waals surface area contributed by atoms with E-state index in [2.05, 4.69) is 15.4 Å². The van der Waals surface area contributed by atoms with E-state index in [1.54, 1.807) is 35.4 Å². The molecule has 0 saturated heterocycles. The van der Waals surface area contributed by atoms with E-state index in [-0.39, 0.29) is 11.9 Å².